The number of aromatic nitrogens is 1. The average molecular weight is 250 g/mol. The molecule has 4 heteroatoms. The summed E-state index contributed by atoms with van der Waals surface area (Å²) >= 11 is 3.35. The Hall–Kier alpha value is -0.840. The van der Waals surface area contributed by atoms with Gasteiger partial charge >= 0.3 is 0 Å². The van der Waals surface area contributed by atoms with Crippen molar-refractivity contribution in [1.29, 1.82) is 0 Å². The van der Waals surface area contributed by atoms with Crippen LogP contribution in [0.2, 0.25) is 0 Å². The molecule has 0 fully saturated rings. The van der Waals surface area contributed by atoms with Crippen LogP contribution < -0.4 is 5.73 Å². The lowest BCUT2D eigenvalue weighted by atomic mass is 10.1. The minimum Gasteiger partial charge on any atom is -0.324 e. The molecule has 2 aromatic rings. The van der Waals surface area contributed by atoms with Crippen molar-refractivity contribution in [2.45, 2.75) is 28.6 Å². The second-order valence-corrected chi connectivity index (χ2v) is 5.64. The third kappa shape index (κ3) is 2.64. The second-order valence-electron chi connectivity index (χ2n) is 3.45. The normalized spacial score (nSPS) is 12.6. The summed E-state index contributed by atoms with van der Waals surface area (Å²) in [5.74, 6) is 0. The van der Waals surface area contributed by atoms with E-state index in [0.29, 0.717) is 0 Å². The highest BCUT2D eigenvalue weighted by Gasteiger charge is 2.10. The van der Waals surface area contributed by atoms with Crippen molar-refractivity contribution in [2.24, 2.45) is 5.73 Å². The van der Waals surface area contributed by atoms with Crippen LogP contribution in [0.3, 0.4) is 0 Å². The summed E-state index contributed by atoms with van der Waals surface area (Å²) in [7, 11) is 0. The van der Waals surface area contributed by atoms with Crippen LogP contribution in [0.1, 0.15) is 24.9 Å². The third-order valence-electron chi connectivity index (χ3n) is 2.37. The van der Waals surface area contributed by atoms with Gasteiger partial charge in [-0.3, -0.25) is 0 Å². The molecule has 0 aliphatic heterocycles. The van der Waals surface area contributed by atoms with Crippen LogP contribution in [0, 0.1) is 0 Å². The smallest absolute Gasteiger partial charge is 0.154 e. The summed E-state index contributed by atoms with van der Waals surface area (Å²) in [5.41, 5.74) is 7.31. The van der Waals surface area contributed by atoms with Crippen LogP contribution in [0.25, 0.3) is 0 Å². The number of nitrogens with two attached hydrogens (primary N) is 1. The molecule has 2 rings (SSSR count). The topological polar surface area (TPSA) is 38.9 Å². The summed E-state index contributed by atoms with van der Waals surface area (Å²) in [6.07, 6.45) is 2.78. The number of nitrogens with zero attached hydrogens (tertiary/aromatic N) is 1. The molecule has 16 heavy (non-hydrogen) atoms. The zero-order valence-corrected chi connectivity index (χ0v) is 10.7. The van der Waals surface area contributed by atoms with E-state index in [2.05, 4.69) is 24.0 Å². The molecule has 0 unspecified atom stereocenters. The molecule has 0 aliphatic rings. The maximum Gasteiger partial charge on any atom is 0.154 e. The number of thiazole rings is 1. The van der Waals surface area contributed by atoms with Crippen molar-refractivity contribution in [2.75, 3.05) is 0 Å². The van der Waals surface area contributed by atoms with Gasteiger partial charge in [-0.1, -0.05) is 36.9 Å². The Balaban J connectivity index is 2.26. The first kappa shape index (κ1) is 11.6. The van der Waals surface area contributed by atoms with E-state index < -0.39 is 0 Å². The minimum atomic E-state index is 0.115. The van der Waals surface area contributed by atoms with E-state index in [4.69, 9.17) is 5.73 Å². The van der Waals surface area contributed by atoms with Gasteiger partial charge in [0.15, 0.2) is 4.34 Å². The van der Waals surface area contributed by atoms with Gasteiger partial charge in [0.1, 0.15) is 0 Å². The van der Waals surface area contributed by atoms with E-state index in [-0.39, 0.29) is 6.04 Å². The molecule has 84 valence electrons. The highest BCUT2D eigenvalue weighted by Crippen LogP contribution is 2.34. The van der Waals surface area contributed by atoms with Gasteiger partial charge in [-0.25, -0.2) is 4.98 Å². The van der Waals surface area contributed by atoms with Crippen LogP contribution in [-0.4, -0.2) is 4.98 Å². The largest absolute Gasteiger partial charge is 0.324 e. The summed E-state index contributed by atoms with van der Waals surface area (Å²) in [5, 5.41) is 1.99. The Bertz CT molecular complexity index is 440. The fourth-order valence-electron chi connectivity index (χ4n) is 1.45. The van der Waals surface area contributed by atoms with Gasteiger partial charge in [-0.05, 0) is 18.1 Å². The molecular formula is C12H14N2S2. The Morgan fingerprint density at radius 1 is 1.44 bits per heavy atom. The van der Waals surface area contributed by atoms with E-state index in [9.17, 15) is 0 Å². The van der Waals surface area contributed by atoms with Gasteiger partial charge in [-0.2, -0.15) is 0 Å². The van der Waals surface area contributed by atoms with E-state index in [1.165, 1.54) is 10.5 Å². The molecular weight excluding hydrogens is 236 g/mol. The van der Waals surface area contributed by atoms with E-state index >= 15 is 0 Å². The Kier molecular flexibility index (Phi) is 3.98. The molecule has 0 saturated heterocycles. The average Bonchev–Trinajstić information content (AvgIpc) is 2.82. The van der Waals surface area contributed by atoms with E-state index in [1.807, 2.05) is 23.7 Å². The van der Waals surface area contributed by atoms with Gasteiger partial charge in [0.25, 0.3) is 0 Å². The summed E-state index contributed by atoms with van der Waals surface area (Å²) in [6.45, 7) is 2.11. The zero-order chi connectivity index (χ0) is 11.4. The molecule has 1 aromatic heterocycles. The van der Waals surface area contributed by atoms with E-state index in [0.717, 1.165) is 10.8 Å². The number of benzene rings is 1. The molecule has 1 atom stereocenters. The van der Waals surface area contributed by atoms with Crippen LogP contribution in [0.15, 0.2) is 45.1 Å². The Labute approximate surface area is 104 Å². The number of hydrogen-bond donors (Lipinski definition) is 1. The van der Waals surface area contributed by atoms with Crippen molar-refractivity contribution in [3.05, 3.63) is 41.4 Å². The molecule has 1 aromatic carbocycles. The van der Waals surface area contributed by atoms with Crippen LogP contribution in [0.4, 0.5) is 0 Å². The Morgan fingerprint density at radius 2 is 2.25 bits per heavy atom. The predicted molar refractivity (Wildman–Crippen MR) is 69.9 cm³/mol. The molecule has 0 spiro atoms. The lowest BCUT2D eigenvalue weighted by Crippen LogP contribution is -2.09. The Morgan fingerprint density at radius 3 is 2.94 bits per heavy atom. The summed E-state index contributed by atoms with van der Waals surface area (Å²) in [6, 6.07) is 8.41. The third-order valence-corrected chi connectivity index (χ3v) is 4.34. The van der Waals surface area contributed by atoms with Crippen molar-refractivity contribution in [1.82, 2.24) is 4.98 Å². The van der Waals surface area contributed by atoms with Gasteiger partial charge < -0.3 is 5.73 Å². The van der Waals surface area contributed by atoms with Crippen molar-refractivity contribution in [3.8, 4) is 0 Å². The molecule has 1 heterocycles. The predicted octanol–water partition coefficient (Wildman–Crippen LogP) is 3.70. The van der Waals surface area contributed by atoms with Crippen molar-refractivity contribution in [3.63, 3.8) is 0 Å². The quantitative estimate of drug-likeness (QED) is 0.899. The van der Waals surface area contributed by atoms with Crippen LogP contribution >= 0.6 is 23.1 Å². The van der Waals surface area contributed by atoms with Gasteiger partial charge in [0.2, 0.25) is 0 Å². The van der Waals surface area contributed by atoms with Gasteiger partial charge in [-0.15, -0.1) is 11.3 Å². The molecule has 2 N–H and O–H groups in total. The highest BCUT2D eigenvalue weighted by atomic mass is 32.2. The summed E-state index contributed by atoms with van der Waals surface area (Å²) in [4.78, 5) is 5.49. The number of rotatable bonds is 4. The molecule has 0 saturated carbocycles. The SMILES string of the molecule is CC[C@@H](N)c1ccccc1Sc1nccs1. The van der Waals surface area contributed by atoms with Crippen molar-refractivity contribution < 1.29 is 0 Å². The lowest BCUT2D eigenvalue weighted by Gasteiger charge is -2.13. The molecule has 2 nitrogen and oxygen atoms in total. The zero-order valence-electron chi connectivity index (χ0n) is 9.09. The van der Waals surface area contributed by atoms with Crippen LogP contribution in [0.5, 0.6) is 0 Å². The van der Waals surface area contributed by atoms with Gasteiger partial charge in [0, 0.05) is 22.5 Å². The first-order valence-electron chi connectivity index (χ1n) is 5.23. The maximum absolute atomic E-state index is 6.09. The van der Waals surface area contributed by atoms with Crippen molar-refractivity contribution >= 4 is 23.1 Å². The molecule has 0 aliphatic carbocycles. The van der Waals surface area contributed by atoms with Gasteiger partial charge in [0.05, 0.1) is 0 Å². The maximum atomic E-state index is 6.09. The lowest BCUT2D eigenvalue weighted by molar-refractivity contribution is 0.685. The highest BCUT2D eigenvalue weighted by molar-refractivity contribution is 8.01. The fourth-order valence-corrected chi connectivity index (χ4v) is 3.23. The minimum absolute atomic E-state index is 0.115. The standard InChI is InChI=1S/C12H14N2S2/c1-2-10(13)9-5-3-4-6-11(9)16-12-14-7-8-15-12/h3-8,10H,2,13H2,1H3/t10-/m1/s1. The molecule has 0 radical (unpaired) electrons. The molecule has 0 bridgehead atoms. The first-order valence-corrected chi connectivity index (χ1v) is 6.92. The molecule has 0 amide bonds. The number of hydrogen-bond acceptors (Lipinski definition) is 4. The van der Waals surface area contributed by atoms with Crippen LogP contribution in [-0.2, 0) is 0 Å². The van der Waals surface area contributed by atoms with E-state index in [1.54, 1.807) is 23.1 Å². The second kappa shape index (κ2) is 5.48. The fraction of sp³-hybridized carbons (Fsp3) is 0.250. The first-order chi connectivity index (χ1) is 7.81. The summed E-state index contributed by atoms with van der Waals surface area (Å²) < 4.78 is 1.07. The monoisotopic (exact) mass is 250 g/mol.